The van der Waals surface area contributed by atoms with Crippen molar-refractivity contribution in [2.45, 2.75) is 18.2 Å². The Morgan fingerprint density at radius 1 is 1.12 bits per heavy atom. The van der Waals surface area contributed by atoms with Gasteiger partial charge in [0.1, 0.15) is 0 Å². The Morgan fingerprint density at radius 3 is 2.48 bits per heavy atom. The lowest BCUT2D eigenvalue weighted by atomic mass is 10.2. The summed E-state index contributed by atoms with van der Waals surface area (Å²) >= 11 is 0. The summed E-state index contributed by atoms with van der Waals surface area (Å²) in [4.78, 5) is 12.2. The van der Waals surface area contributed by atoms with Gasteiger partial charge in [-0.25, -0.2) is 8.42 Å². The molecule has 0 aliphatic heterocycles. The average Bonchev–Trinajstić information content (AvgIpc) is 2.63. The maximum atomic E-state index is 13.0. The number of rotatable bonds is 8. The van der Waals surface area contributed by atoms with Crippen molar-refractivity contribution in [1.29, 1.82) is 0 Å². The van der Waals surface area contributed by atoms with E-state index < -0.39 is 10.0 Å². The van der Waals surface area contributed by atoms with Crippen LogP contribution in [0.15, 0.2) is 59.5 Å². The lowest BCUT2D eigenvalue weighted by molar-refractivity contribution is 0.0953. The number of para-hydroxylation sites is 1. The van der Waals surface area contributed by atoms with E-state index in [0.29, 0.717) is 37.3 Å². The van der Waals surface area contributed by atoms with Crippen LogP contribution in [0.4, 0.5) is 5.69 Å². The van der Waals surface area contributed by atoms with Crippen LogP contribution >= 0.6 is 0 Å². The third-order valence-electron chi connectivity index (χ3n) is 3.68. The molecule has 6 nitrogen and oxygen atoms in total. The first-order valence-electron chi connectivity index (χ1n) is 8.16. The summed E-state index contributed by atoms with van der Waals surface area (Å²) < 4.78 is 27.3. The second-order valence-corrected chi connectivity index (χ2v) is 7.29. The molecule has 0 heterocycles. The molecule has 1 amide bonds. The summed E-state index contributed by atoms with van der Waals surface area (Å²) in [5, 5.41) is 2.73. The van der Waals surface area contributed by atoms with E-state index in [1.807, 2.05) is 6.07 Å². The van der Waals surface area contributed by atoms with Gasteiger partial charge in [0.25, 0.3) is 15.9 Å². The molecule has 0 aromatic heterocycles. The van der Waals surface area contributed by atoms with Gasteiger partial charge in [-0.05, 0) is 50.2 Å². The van der Waals surface area contributed by atoms with Gasteiger partial charge in [-0.2, -0.15) is 0 Å². The summed E-state index contributed by atoms with van der Waals surface area (Å²) in [5.41, 5.74) is 6.30. The fourth-order valence-corrected chi connectivity index (χ4v) is 3.94. The minimum atomic E-state index is -3.75. The van der Waals surface area contributed by atoms with E-state index in [0.717, 1.165) is 0 Å². The van der Waals surface area contributed by atoms with E-state index in [2.05, 4.69) is 5.32 Å². The van der Waals surface area contributed by atoms with E-state index >= 15 is 0 Å². The molecular formula is C18H23N3O3S. The molecule has 2 aromatic carbocycles. The molecule has 3 N–H and O–H groups in total. The second-order valence-electron chi connectivity index (χ2n) is 5.43. The fraction of sp³-hybridized carbons (Fsp3) is 0.278. The van der Waals surface area contributed by atoms with Crippen LogP contribution in [0, 0.1) is 0 Å². The van der Waals surface area contributed by atoms with Crippen molar-refractivity contribution < 1.29 is 13.2 Å². The molecule has 7 heteroatoms. The lowest BCUT2D eigenvalue weighted by Crippen LogP contribution is -2.31. The van der Waals surface area contributed by atoms with Crippen molar-refractivity contribution in [3.63, 3.8) is 0 Å². The Hall–Kier alpha value is -2.38. The monoisotopic (exact) mass is 361 g/mol. The van der Waals surface area contributed by atoms with E-state index in [-0.39, 0.29) is 10.8 Å². The smallest absolute Gasteiger partial charge is 0.264 e. The van der Waals surface area contributed by atoms with Gasteiger partial charge in [0, 0.05) is 18.7 Å². The molecule has 0 aliphatic rings. The van der Waals surface area contributed by atoms with Gasteiger partial charge in [-0.15, -0.1) is 0 Å². The number of amides is 1. The summed E-state index contributed by atoms with van der Waals surface area (Å²) in [6, 6.07) is 14.9. The topological polar surface area (TPSA) is 92.5 Å². The zero-order valence-corrected chi connectivity index (χ0v) is 15.0. The van der Waals surface area contributed by atoms with Crippen LogP contribution < -0.4 is 15.4 Å². The Morgan fingerprint density at radius 2 is 1.84 bits per heavy atom. The average molecular weight is 361 g/mol. The standard InChI is InChI=1S/C18H23N3O3S/c1-2-21(16-9-4-3-5-10-16)25(23,24)17-11-6-8-15(14-17)18(22)20-13-7-12-19/h3-6,8-11,14H,2,7,12-13,19H2,1H3,(H,20,22). The summed E-state index contributed by atoms with van der Waals surface area (Å²) in [6.07, 6.45) is 0.668. The number of hydrogen-bond donors (Lipinski definition) is 2. The highest BCUT2D eigenvalue weighted by molar-refractivity contribution is 7.92. The first-order valence-corrected chi connectivity index (χ1v) is 9.61. The Bertz CT molecular complexity index is 807. The van der Waals surface area contributed by atoms with Crippen LogP contribution in [-0.2, 0) is 10.0 Å². The highest BCUT2D eigenvalue weighted by Gasteiger charge is 2.24. The van der Waals surface area contributed by atoms with Crippen molar-refractivity contribution in [2.75, 3.05) is 23.9 Å². The van der Waals surface area contributed by atoms with Crippen LogP contribution in [0.3, 0.4) is 0 Å². The van der Waals surface area contributed by atoms with Crippen LogP contribution in [0.25, 0.3) is 0 Å². The fourth-order valence-electron chi connectivity index (χ4n) is 2.42. The molecule has 0 radical (unpaired) electrons. The first kappa shape index (κ1) is 19.0. The lowest BCUT2D eigenvalue weighted by Gasteiger charge is -2.23. The molecule has 0 bridgehead atoms. The van der Waals surface area contributed by atoms with E-state index in [9.17, 15) is 13.2 Å². The molecule has 0 saturated carbocycles. The summed E-state index contributed by atoms with van der Waals surface area (Å²) in [6.45, 7) is 3.00. The highest BCUT2D eigenvalue weighted by Crippen LogP contribution is 2.23. The normalized spacial score (nSPS) is 11.1. The maximum Gasteiger partial charge on any atom is 0.264 e. The van der Waals surface area contributed by atoms with Crippen molar-refractivity contribution in [3.8, 4) is 0 Å². The summed E-state index contributed by atoms with van der Waals surface area (Å²) in [7, 11) is -3.75. The van der Waals surface area contributed by atoms with Crippen LogP contribution in [0.5, 0.6) is 0 Å². The van der Waals surface area contributed by atoms with Gasteiger partial charge in [0.05, 0.1) is 10.6 Å². The number of nitrogens with two attached hydrogens (primary N) is 1. The predicted molar refractivity (Wildman–Crippen MR) is 99.1 cm³/mol. The SMILES string of the molecule is CCN(c1ccccc1)S(=O)(=O)c1cccc(C(=O)NCCCN)c1. The van der Waals surface area contributed by atoms with Gasteiger partial charge in [0.15, 0.2) is 0 Å². The van der Waals surface area contributed by atoms with Crippen LogP contribution in [-0.4, -0.2) is 34.0 Å². The number of sulfonamides is 1. The second kappa shape index (κ2) is 8.64. The van der Waals surface area contributed by atoms with E-state index in [1.165, 1.54) is 16.4 Å². The van der Waals surface area contributed by atoms with Crippen LogP contribution in [0.1, 0.15) is 23.7 Å². The summed E-state index contributed by atoms with van der Waals surface area (Å²) in [5.74, 6) is -0.312. The third-order valence-corrected chi connectivity index (χ3v) is 5.58. The number of carbonyl (C=O) groups is 1. The molecular weight excluding hydrogens is 338 g/mol. The molecule has 2 aromatic rings. The zero-order valence-electron chi connectivity index (χ0n) is 14.2. The van der Waals surface area contributed by atoms with Gasteiger partial charge in [-0.1, -0.05) is 24.3 Å². The number of nitrogens with one attached hydrogen (secondary N) is 1. The molecule has 25 heavy (non-hydrogen) atoms. The van der Waals surface area contributed by atoms with Crippen molar-refractivity contribution in [2.24, 2.45) is 5.73 Å². The molecule has 0 unspecified atom stereocenters. The van der Waals surface area contributed by atoms with Gasteiger partial charge in [0.2, 0.25) is 0 Å². The van der Waals surface area contributed by atoms with Gasteiger partial charge >= 0.3 is 0 Å². The van der Waals surface area contributed by atoms with Gasteiger partial charge < -0.3 is 11.1 Å². The highest BCUT2D eigenvalue weighted by atomic mass is 32.2. The van der Waals surface area contributed by atoms with Crippen molar-refractivity contribution >= 4 is 21.6 Å². The van der Waals surface area contributed by atoms with E-state index in [4.69, 9.17) is 5.73 Å². The largest absolute Gasteiger partial charge is 0.352 e. The number of benzene rings is 2. The number of hydrogen-bond acceptors (Lipinski definition) is 4. The third kappa shape index (κ3) is 4.58. The molecule has 134 valence electrons. The maximum absolute atomic E-state index is 13.0. The first-order chi connectivity index (χ1) is 12.0. The Labute approximate surface area is 148 Å². The van der Waals surface area contributed by atoms with E-state index in [1.54, 1.807) is 43.3 Å². The molecule has 0 fully saturated rings. The molecule has 2 rings (SSSR count). The molecule has 0 aliphatic carbocycles. The minimum absolute atomic E-state index is 0.0877. The van der Waals surface area contributed by atoms with Crippen LogP contribution in [0.2, 0.25) is 0 Å². The predicted octanol–water partition coefficient (Wildman–Crippen LogP) is 1.98. The quantitative estimate of drug-likeness (QED) is 0.703. The number of nitrogens with zero attached hydrogens (tertiary/aromatic N) is 1. The number of carbonyl (C=O) groups excluding carboxylic acids is 1. The molecule has 0 atom stereocenters. The Balaban J connectivity index is 2.30. The molecule has 0 spiro atoms. The van der Waals surface area contributed by atoms with Crippen molar-refractivity contribution in [3.05, 3.63) is 60.2 Å². The van der Waals surface area contributed by atoms with Crippen molar-refractivity contribution in [1.82, 2.24) is 5.32 Å². The van der Waals surface area contributed by atoms with Gasteiger partial charge in [-0.3, -0.25) is 9.10 Å². The Kier molecular flexibility index (Phi) is 6.55. The zero-order chi connectivity index (χ0) is 18.3. The molecule has 0 saturated heterocycles. The minimum Gasteiger partial charge on any atom is -0.352 e. The number of anilines is 1.